The van der Waals surface area contributed by atoms with Crippen LogP contribution in [0.25, 0.3) is 10.9 Å². The number of benzene rings is 2. The highest BCUT2D eigenvalue weighted by Crippen LogP contribution is 2.38. The molecule has 38 heavy (non-hydrogen) atoms. The van der Waals surface area contributed by atoms with Crippen LogP contribution < -0.4 is 0 Å². The van der Waals surface area contributed by atoms with E-state index in [1.165, 1.54) is 29.2 Å². The van der Waals surface area contributed by atoms with Gasteiger partial charge >= 0.3 is 0 Å². The minimum Gasteiger partial charge on any atom is -0.506 e. The molecule has 1 unspecified atom stereocenters. The van der Waals surface area contributed by atoms with Crippen molar-refractivity contribution in [3.05, 3.63) is 70.4 Å². The Morgan fingerprint density at radius 2 is 1.50 bits per heavy atom. The molecule has 1 aliphatic rings. The van der Waals surface area contributed by atoms with Crippen molar-refractivity contribution in [2.75, 3.05) is 26.3 Å². The third-order valence-electron chi connectivity index (χ3n) is 6.14. The standard InChI is InChI=1S/C26H26N2O6.2C2H6/c1-14(2)15-4-6-20-17(11-15)13-21(31)23(27-20)22-24(32)18-5-3-16(12-19(18)25(22)33)26(34)28(7-9-29)8-10-30;2*1-2/h3-6,11-14,22,29-31H,7-10H2,1-2H3;2*1-2H3. The lowest BCUT2D eigenvalue weighted by Gasteiger charge is -2.20. The lowest BCUT2D eigenvalue weighted by atomic mass is 9.96. The first-order chi connectivity index (χ1) is 18.3. The average Bonchev–Trinajstić information content (AvgIpc) is 3.18. The molecule has 0 aliphatic heterocycles. The molecule has 204 valence electrons. The van der Waals surface area contributed by atoms with Crippen molar-refractivity contribution in [3.63, 3.8) is 0 Å². The first-order valence-corrected chi connectivity index (χ1v) is 13.1. The Labute approximate surface area is 223 Å². The van der Waals surface area contributed by atoms with Gasteiger partial charge in [0.15, 0.2) is 11.6 Å². The van der Waals surface area contributed by atoms with E-state index < -0.39 is 23.4 Å². The van der Waals surface area contributed by atoms with Crippen LogP contribution >= 0.6 is 0 Å². The molecule has 0 spiro atoms. The number of aliphatic hydroxyl groups is 2. The van der Waals surface area contributed by atoms with Gasteiger partial charge in [-0.3, -0.25) is 14.4 Å². The van der Waals surface area contributed by atoms with Gasteiger partial charge in [0.05, 0.1) is 18.7 Å². The second kappa shape index (κ2) is 13.8. The largest absolute Gasteiger partial charge is 0.506 e. The number of rotatable bonds is 7. The maximum absolute atomic E-state index is 13.3. The lowest BCUT2D eigenvalue weighted by Crippen LogP contribution is -2.35. The van der Waals surface area contributed by atoms with E-state index in [0.29, 0.717) is 16.8 Å². The molecule has 1 amide bonds. The van der Waals surface area contributed by atoms with Crippen molar-refractivity contribution in [3.8, 4) is 5.75 Å². The van der Waals surface area contributed by atoms with Gasteiger partial charge in [0.2, 0.25) is 0 Å². The van der Waals surface area contributed by atoms with Gasteiger partial charge < -0.3 is 20.2 Å². The number of nitrogens with zero attached hydrogens (tertiary/aromatic N) is 2. The summed E-state index contributed by atoms with van der Waals surface area (Å²) < 4.78 is 0. The van der Waals surface area contributed by atoms with Crippen LogP contribution in [0.15, 0.2) is 42.5 Å². The number of Topliss-reactive ketones (excluding diaryl/α,β-unsaturated/α-hetero) is 2. The number of ketones is 2. The van der Waals surface area contributed by atoms with Crippen LogP contribution in [0.1, 0.15) is 95.7 Å². The number of carbonyl (C=O) groups excluding carboxylic acids is 3. The van der Waals surface area contributed by atoms with Gasteiger partial charge in [0.1, 0.15) is 17.4 Å². The van der Waals surface area contributed by atoms with Gasteiger partial charge in [-0.2, -0.15) is 0 Å². The summed E-state index contributed by atoms with van der Waals surface area (Å²) in [4.78, 5) is 44.9. The van der Waals surface area contributed by atoms with E-state index in [1.807, 2.05) is 39.8 Å². The van der Waals surface area contributed by atoms with E-state index in [4.69, 9.17) is 0 Å². The van der Waals surface area contributed by atoms with E-state index in [2.05, 4.69) is 18.8 Å². The second-order valence-electron chi connectivity index (χ2n) is 8.66. The Morgan fingerprint density at radius 3 is 2.08 bits per heavy atom. The summed E-state index contributed by atoms with van der Waals surface area (Å²) in [5.74, 6) is -2.72. The number of carbonyl (C=O) groups is 3. The summed E-state index contributed by atoms with van der Waals surface area (Å²) in [7, 11) is 0. The SMILES string of the molecule is CC.CC.CC(C)c1ccc2nc(C3C(=O)c4ccc(C(=O)N(CCO)CCO)cc4C3=O)c(O)cc2c1. The molecular weight excluding hydrogens is 484 g/mol. The predicted molar refractivity (Wildman–Crippen MR) is 148 cm³/mol. The fourth-order valence-electron chi connectivity index (χ4n) is 4.28. The van der Waals surface area contributed by atoms with Gasteiger partial charge in [0.25, 0.3) is 5.91 Å². The van der Waals surface area contributed by atoms with Crippen LogP contribution in [-0.4, -0.2) is 69.0 Å². The minimum absolute atomic E-state index is 0.00828. The first-order valence-electron chi connectivity index (χ1n) is 13.1. The van der Waals surface area contributed by atoms with Gasteiger partial charge in [-0.05, 0) is 47.9 Å². The number of fused-ring (bicyclic) bond motifs is 2. The number of aliphatic hydroxyl groups excluding tert-OH is 2. The number of hydrogen-bond donors (Lipinski definition) is 3. The van der Waals surface area contributed by atoms with Crippen molar-refractivity contribution >= 4 is 28.4 Å². The molecule has 8 heteroatoms. The van der Waals surface area contributed by atoms with Crippen LogP contribution in [0.5, 0.6) is 5.75 Å². The van der Waals surface area contributed by atoms with Crippen molar-refractivity contribution < 1.29 is 29.7 Å². The maximum Gasteiger partial charge on any atom is 0.254 e. The van der Waals surface area contributed by atoms with Crippen molar-refractivity contribution in [1.82, 2.24) is 9.88 Å². The van der Waals surface area contributed by atoms with Crippen LogP contribution in [-0.2, 0) is 0 Å². The van der Waals surface area contributed by atoms with E-state index in [0.717, 1.165) is 5.56 Å². The van der Waals surface area contributed by atoms with Gasteiger partial charge in [0, 0.05) is 35.2 Å². The molecule has 4 rings (SSSR count). The summed E-state index contributed by atoms with van der Waals surface area (Å²) in [6.45, 7) is 11.6. The van der Waals surface area contributed by atoms with Crippen molar-refractivity contribution in [2.24, 2.45) is 0 Å². The molecule has 2 aromatic carbocycles. The molecular formula is C30H38N2O6. The number of hydrogen-bond acceptors (Lipinski definition) is 7. The van der Waals surface area contributed by atoms with Gasteiger partial charge in [-0.25, -0.2) is 4.98 Å². The highest BCUT2D eigenvalue weighted by molar-refractivity contribution is 6.30. The summed E-state index contributed by atoms with van der Waals surface area (Å²) in [6.07, 6.45) is 0. The third kappa shape index (κ3) is 6.09. The number of aromatic hydroxyl groups is 1. The fraction of sp³-hybridized carbons (Fsp3) is 0.400. The lowest BCUT2D eigenvalue weighted by molar-refractivity contribution is 0.0684. The molecule has 0 bridgehead atoms. The Hall–Kier alpha value is -3.62. The Balaban J connectivity index is 0.00000121. The smallest absolute Gasteiger partial charge is 0.254 e. The number of amides is 1. The van der Waals surface area contributed by atoms with Crippen LogP contribution in [0, 0.1) is 0 Å². The Kier molecular flexibility index (Phi) is 11.1. The van der Waals surface area contributed by atoms with Crippen molar-refractivity contribution in [2.45, 2.75) is 53.4 Å². The van der Waals surface area contributed by atoms with Crippen molar-refractivity contribution in [1.29, 1.82) is 0 Å². The molecule has 0 saturated heterocycles. The quantitative estimate of drug-likeness (QED) is 0.384. The highest BCUT2D eigenvalue weighted by Gasteiger charge is 2.42. The Morgan fingerprint density at radius 1 is 0.895 bits per heavy atom. The van der Waals surface area contributed by atoms with Crippen LogP contribution in [0.4, 0.5) is 0 Å². The second-order valence-corrected chi connectivity index (χ2v) is 8.66. The molecule has 1 aromatic heterocycles. The van der Waals surface area contributed by atoms with E-state index >= 15 is 0 Å². The molecule has 3 aromatic rings. The first kappa shape index (κ1) is 30.6. The molecule has 0 fully saturated rings. The zero-order valence-corrected chi connectivity index (χ0v) is 23.0. The summed E-state index contributed by atoms with van der Waals surface area (Å²) in [5, 5.41) is 29.8. The monoisotopic (exact) mass is 522 g/mol. The minimum atomic E-state index is -1.29. The molecule has 3 N–H and O–H groups in total. The zero-order valence-electron chi connectivity index (χ0n) is 23.0. The van der Waals surface area contributed by atoms with Gasteiger partial charge in [-0.1, -0.05) is 47.6 Å². The predicted octanol–water partition coefficient (Wildman–Crippen LogP) is 4.71. The highest BCUT2D eigenvalue weighted by atomic mass is 16.3. The zero-order chi connectivity index (χ0) is 28.6. The third-order valence-corrected chi connectivity index (χ3v) is 6.14. The average molecular weight is 523 g/mol. The van der Waals surface area contributed by atoms with Crippen LogP contribution in [0.3, 0.4) is 0 Å². The molecule has 1 atom stereocenters. The number of aromatic nitrogens is 1. The summed E-state index contributed by atoms with van der Waals surface area (Å²) >= 11 is 0. The molecule has 1 heterocycles. The molecule has 0 radical (unpaired) electrons. The Bertz CT molecular complexity index is 1300. The normalized spacial score (nSPS) is 14.0. The van der Waals surface area contributed by atoms with E-state index in [9.17, 15) is 29.7 Å². The topological polar surface area (TPSA) is 128 Å². The molecule has 8 nitrogen and oxygen atoms in total. The fourth-order valence-corrected chi connectivity index (χ4v) is 4.28. The van der Waals surface area contributed by atoms with Crippen LogP contribution in [0.2, 0.25) is 0 Å². The summed E-state index contributed by atoms with van der Waals surface area (Å²) in [6, 6.07) is 11.4. The van der Waals surface area contributed by atoms with E-state index in [1.54, 1.807) is 6.07 Å². The maximum atomic E-state index is 13.3. The van der Waals surface area contributed by atoms with Gasteiger partial charge in [-0.15, -0.1) is 0 Å². The van der Waals surface area contributed by atoms with E-state index in [-0.39, 0.29) is 54.4 Å². The molecule has 0 saturated carbocycles. The molecule has 1 aliphatic carbocycles. The summed E-state index contributed by atoms with van der Waals surface area (Å²) in [5.41, 5.74) is 2.05. The number of pyridine rings is 1.